The van der Waals surface area contributed by atoms with Gasteiger partial charge in [-0.25, -0.2) is 14.5 Å². The summed E-state index contributed by atoms with van der Waals surface area (Å²) in [5.41, 5.74) is 3.73. The van der Waals surface area contributed by atoms with Crippen LogP contribution in [0.4, 0.5) is 10.9 Å². The topological polar surface area (TPSA) is 106 Å². The van der Waals surface area contributed by atoms with Crippen molar-refractivity contribution in [3.05, 3.63) is 46.5 Å². The lowest BCUT2D eigenvalue weighted by Crippen LogP contribution is -2.47. The molecule has 176 valence electrons. The Morgan fingerprint density at radius 1 is 1.00 bits per heavy atom. The summed E-state index contributed by atoms with van der Waals surface area (Å²) in [5.74, 6) is 1.31. The third-order valence-electron chi connectivity index (χ3n) is 5.95. The van der Waals surface area contributed by atoms with E-state index in [0.29, 0.717) is 46.4 Å². The van der Waals surface area contributed by atoms with Crippen LogP contribution >= 0.6 is 23.1 Å². The summed E-state index contributed by atoms with van der Waals surface area (Å²) in [6.07, 6.45) is 1.88. The first-order valence-electron chi connectivity index (χ1n) is 10.9. The van der Waals surface area contributed by atoms with E-state index < -0.39 is 0 Å². The van der Waals surface area contributed by atoms with Gasteiger partial charge in [0.15, 0.2) is 16.6 Å². The molecule has 0 aliphatic carbocycles. The molecule has 0 radical (unpaired) electrons. The van der Waals surface area contributed by atoms with Crippen molar-refractivity contribution in [2.45, 2.75) is 11.9 Å². The van der Waals surface area contributed by atoms with E-state index in [9.17, 15) is 10.5 Å². The van der Waals surface area contributed by atoms with Crippen molar-refractivity contribution in [2.24, 2.45) is 0 Å². The molecule has 0 atom stereocenters. The Morgan fingerprint density at radius 2 is 1.69 bits per heavy atom. The van der Waals surface area contributed by atoms with Crippen molar-refractivity contribution in [3.8, 4) is 29.1 Å². The predicted octanol–water partition coefficient (Wildman–Crippen LogP) is 3.96. The molecule has 0 unspecified atom stereocenters. The number of nitriles is 2. The van der Waals surface area contributed by atoms with Gasteiger partial charge in [0.2, 0.25) is 0 Å². The minimum Gasteiger partial charge on any atom is -0.497 e. The van der Waals surface area contributed by atoms with Crippen molar-refractivity contribution in [3.63, 3.8) is 0 Å². The number of hydrogen-bond acceptors (Lipinski definition) is 10. The molecule has 5 rings (SSSR count). The molecule has 1 aliphatic rings. The highest BCUT2D eigenvalue weighted by atomic mass is 32.2. The largest absolute Gasteiger partial charge is 0.497 e. The second-order valence-corrected chi connectivity index (χ2v) is 9.61. The molecule has 1 fully saturated rings. The molecular weight excluding hydrogens is 480 g/mol. The summed E-state index contributed by atoms with van der Waals surface area (Å²) in [5, 5.41) is 28.6. The van der Waals surface area contributed by atoms with E-state index >= 15 is 0 Å². The number of aryl methyl sites for hydroxylation is 1. The van der Waals surface area contributed by atoms with Gasteiger partial charge in [0.1, 0.15) is 34.0 Å². The molecule has 0 spiro atoms. The van der Waals surface area contributed by atoms with E-state index in [0.717, 1.165) is 35.2 Å². The SMILES string of the molecule is COc1ccc(-c2c(C#N)c(SC)nc3c(C#N)c(N4CCN(c5nc(C)cs5)CC4)nn23)cc1. The van der Waals surface area contributed by atoms with E-state index in [-0.39, 0.29) is 0 Å². The highest BCUT2D eigenvalue weighted by Crippen LogP contribution is 2.35. The van der Waals surface area contributed by atoms with Crippen LogP contribution in [0.3, 0.4) is 0 Å². The zero-order chi connectivity index (χ0) is 24.5. The number of methoxy groups -OCH3 is 1. The van der Waals surface area contributed by atoms with Crippen LogP contribution in [0.2, 0.25) is 0 Å². The standard InChI is InChI=1S/C24H22N8OS2/c1-15-14-35-24(27-15)31-10-8-30(9-11-31)22-19(13-26)21-28-23(34-3)18(12-25)20(32(21)29-22)16-4-6-17(33-2)7-5-16/h4-7,14H,8-11H2,1-3H3. The molecular formula is C24H22N8OS2. The summed E-state index contributed by atoms with van der Waals surface area (Å²) in [7, 11) is 1.61. The lowest BCUT2D eigenvalue weighted by atomic mass is 10.1. The molecule has 9 nitrogen and oxygen atoms in total. The minimum atomic E-state index is 0.415. The normalized spacial score (nSPS) is 13.6. The number of thiazole rings is 1. The summed E-state index contributed by atoms with van der Waals surface area (Å²) >= 11 is 3.03. The van der Waals surface area contributed by atoms with Crippen molar-refractivity contribution in [1.82, 2.24) is 19.6 Å². The second-order valence-electron chi connectivity index (χ2n) is 7.98. The monoisotopic (exact) mass is 502 g/mol. The molecule has 3 aromatic heterocycles. The van der Waals surface area contributed by atoms with Crippen LogP contribution < -0.4 is 14.5 Å². The molecule has 4 aromatic rings. The lowest BCUT2D eigenvalue weighted by molar-refractivity contribution is 0.415. The Balaban J connectivity index is 1.60. The number of benzene rings is 1. The molecule has 1 aliphatic heterocycles. The highest BCUT2D eigenvalue weighted by molar-refractivity contribution is 7.98. The number of thioether (sulfide) groups is 1. The Labute approximate surface area is 211 Å². The quantitative estimate of drug-likeness (QED) is 0.296. The number of hydrogen-bond donors (Lipinski definition) is 0. The van der Waals surface area contributed by atoms with Crippen LogP contribution in [0, 0.1) is 29.6 Å². The molecule has 4 heterocycles. The van der Waals surface area contributed by atoms with E-state index in [4.69, 9.17) is 9.84 Å². The van der Waals surface area contributed by atoms with Crippen LogP contribution in [0.25, 0.3) is 16.9 Å². The Morgan fingerprint density at radius 3 is 2.26 bits per heavy atom. The van der Waals surface area contributed by atoms with E-state index in [1.54, 1.807) is 23.0 Å². The Bertz CT molecular complexity index is 1470. The summed E-state index contributed by atoms with van der Waals surface area (Å²) in [4.78, 5) is 13.7. The molecule has 35 heavy (non-hydrogen) atoms. The minimum absolute atomic E-state index is 0.415. The predicted molar refractivity (Wildman–Crippen MR) is 137 cm³/mol. The van der Waals surface area contributed by atoms with Gasteiger partial charge in [0, 0.05) is 37.1 Å². The number of piperazine rings is 1. The maximum absolute atomic E-state index is 10.1. The van der Waals surface area contributed by atoms with Gasteiger partial charge in [0.05, 0.1) is 18.5 Å². The van der Waals surface area contributed by atoms with Gasteiger partial charge in [-0.2, -0.15) is 10.5 Å². The van der Waals surface area contributed by atoms with Gasteiger partial charge in [-0.05, 0) is 37.4 Å². The van der Waals surface area contributed by atoms with E-state index in [1.165, 1.54) is 11.8 Å². The summed E-state index contributed by atoms with van der Waals surface area (Å²) in [6.45, 7) is 4.97. The first-order valence-corrected chi connectivity index (χ1v) is 13.1. The smallest absolute Gasteiger partial charge is 0.185 e. The van der Waals surface area contributed by atoms with Crippen LogP contribution in [0.1, 0.15) is 16.8 Å². The summed E-state index contributed by atoms with van der Waals surface area (Å²) in [6, 6.07) is 12.1. The molecule has 0 N–H and O–H groups in total. The van der Waals surface area contributed by atoms with Gasteiger partial charge in [-0.1, -0.05) is 0 Å². The third-order valence-corrected chi connectivity index (χ3v) is 7.65. The molecule has 1 saturated heterocycles. The fraction of sp³-hybridized carbons (Fsp3) is 0.292. The van der Waals surface area contributed by atoms with Gasteiger partial charge >= 0.3 is 0 Å². The van der Waals surface area contributed by atoms with Gasteiger partial charge in [-0.15, -0.1) is 28.2 Å². The number of ether oxygens (including phenoxy) is 1. The molecule has 0 bridgehead atoms. The van der Waals surface area contributed by atoms with Crippen LogP contribution in [0.5, 0.6) is 5.75 Å². The fourth-order valence-electron chi connectivity index (χ4n) is 4.20. The van der Waals surface area contributed by atoms with Crippen LogP contribution in [0.15, 0.2) is 34.7 Å². The zero-order valence-electron chi connectivity index (χ0n) is 19.5. The highest BCUT2D eigenvalue weighted by Gasteiger charge is 2.28. The van der Waals surface area contributed by atoms with Crippen molar-refractivity contribution < 1.29 is 4.74 Å². The summed E-state index contributed by atoms with van der Waals surface area (Å²) < 4.78 is 6.94. The first kappa shape index (κ1) is 23.0. The maximum atomic E-state index is 10.1. The molecule has 1 aromatic carbocycles. The van der Waals surface area contributed by atoms with E-state index in [2.05, 4.69) is 37.3 Å². The van der Waals surface area contributed by atoms with Crippen molar-refractivity contribution in [2.75, 3.05) is 49.3 Å². The van der Waals surface area contributed by atoms with Crippen molar-refractivity contribution in [1.29, 1.82) is 10.5 Å². The average molecular weight is 503 g/mol. The molecule has 0 saturated carbocycles. The zero-order valence-corrected chi connectivity index (χ0v) is 21.2. The third kappa shape index (κ3) is 4.03. The van der Waals surface area contributed by atoms with Gasteiger partial charge in [0.25, 0.3) is 0 Å². The van der Waals surface area contributed by atoms with Crippen molar-refractivity contribution >= 4 is 39.7 Å². The lowest BCUT2D eigenvalue weighted by Gasteiger charge is -2.34. The van der Waals surface area contributed by atoms with Crippen LogP contribution in [-0.4, -0.2) is 59.1 Å². The Hall–Kier alpha value is -3.80. The van der Waals surface area contributed by atoms with E-state index in [1.807, 2.05) is 37.4 Å². The number of aromatic nitrogens is 4. The number of nitrogens with zero attached hydrogens (tertiary/aromatic N) is 8. The molecule has 11 heteroatoms. The maximum Gasteiger partial charge on any atom is 0.185 e. The number of fused-ring (bicyclic) bond motifs is 1. The van der Waals surface area contributed by atoms with Gasteiger partial charge in [-0.3, -0.25) is 0 Å². The molecule has 0 amide bonds. The van der Waals surface area contributed by atoms with Gasteiger partial charge < -0.3 is 14.5 Å². The fourth-order valence-corrected chi connectivity index (χ4v) is 5.58. The average Bonchev–Trinajstić information content (AvgIpc) is 3.50. The van der Waals surface area contributed by atoms with Crippen LogP contribution in [-0.2, 0) is 0 Å². The number of rotatable bonds is 5. The Kier molecular flexibility index (Phi) is 6.20. The number of anilines is 2. The first-order chi connectivity index (χ1) is 17.1. The second kappa shape index (κ2) is 9.45.